The van der Waals surface area contributed by atoms with Crippen molar-refractivity contribution >= 4 is 0 Å². The topological polar surface area (TPSA) is 41.3 Å². The first kappa shape index (κ1) is 13.4. The molecule has 102 valence electrons. The Kier molecular flexibility index (Phi) is 3.14. The van der Waals surface area contributed by atoms with Gasteiger partial charge in [0.05, 0.1) is 11.4 Å². The van der Waals surface area contributed by atoms with E-state index in [0.29, 0.717) is 6.54 Å². The number of aryl methyl sites for hydroxylation is 2. The zero-order chi connectivity index (χ0) is 13.6. The highest BCUT2D eigenvalue weighted by atomic mass is 19.4. The largest absolute Gasteiger partial charge is 0.418 e. The van der Waals surface area contributed by atoms with Crippen LogP contribution in [0.1, 0.15) is 17.8 Å². The summed E-state index contributed by atoms with van der Waals surface area (Å²) in [6, 6.07) is 1.84. The van der Waals surface area contributed by atoms with Gasteiger partial charge in [0.2, 0.25) is 0 Å². The Morgan fingerprint density at radius 3 is 2.61 bits per heavy atom. The molecule has 4 nitrogen and oxygen atoms in total. The standard InChI is InChI=1S/C11H16F3N3O/c1-8-5-9(16(2)15-8)6-17-4-3-10(18,7-17)11(12,13)14/h5,18H,3-4,6-7H2,1-2H3. The molecule has 0 radical (unpaired) electrons. The van der Waals surface area contributed by atoms with Crippen LogP contribution in [0.15, 0.2) is 6.07 Å². The van der Waals surface area contributed by atoms with Gasteiger partial charge in [-0.25, -0.2) is 0 Å². The molecule has 1 aromatic rings. The van der Waals surface area contributed by atoms with Crippen molar-refractivity contribution in [1.29, 1.82) is 0 Å². The molecule has 0 spiro atoms. The first-order valence-corrected chi connectivity index (χ1v) is 5.72. The summed E-state index contributed by atoms with van der Waals surface area (Å²) in [7, 11) is 1.76. The van der Waals surface area contributed by atoms with Crippen LogP contribution in [0, 0.1) is 6.92 Å². The van der Waals surface area contributed by atoms with E-state index in [2.05, 4.69) is 5.10 Å². The summed E-state index contributed by atoms with van der Waals surface area (Å²) in [5.74, 6) is 0. The van der Waals surface area contributed by atoms with Gasteiger partial charge in [0.1, 0.15) is 0 Å². The highest BCUT2D eigenvalue weighted by Gasteiger charge is 2.56. The molecule has 18 heavy (non-hydrogen) atoms. The van der Waals surface area contributed by atoms with Crippen LogP contribution in [0.2, 0.25) is 0 Å². The molecule has 2 heterocycles. The van der Waals surface area contributed by atoms with E-state index >= 15 is 0 Å². The lowest BCUT2D eigenvalue weighted by Crippen LogP contribution is -2.47. The van der Waals surface area contributed by atoms with Crippen LogP contribution in [0.4, 0.5) is 13.2 Å². The molecule has 1 saturated heterocycles. The van der Waals surface area contributed by atoms with Crippen molar-refractivity contribution in [1.82, 2.24) is 14.7 Å². The number of hydrogen-bond donors (Lipinski definition) is 1. The van der Waals surface area contributed by atoms with E-state index in [9.17, 15) is 18.3 Å². The maximum atomic E-state index is 12.6. The van der Waals surface area contributed by atoms with Crippen LogP contribution in [-0.2, 0) is 13.6 Å². The minimum absolute atomic E-state index is 0.236. The van der Waals surface area contributed by atoms with Gasteiger partial charge in [-0.1, -0.05) is 0 Å². The molecule has 1 aliphatic rings. The predicted molar refractivity (Wildman–Crippen MR) is 58.8 cm³/mol. The highest BCUT2D eigenvalue weighted by molar-refractivity contribution is 5.09. The maximum Gasteiger partial charge on any atom is 0.418 e. The number of halogens is 3. The predicted octanol–water partition coefficient (Wildman–Crippen LogP) is 1.23. The van der Waals surface area contributed by atoms with E-state index < -0.39 is 11.8 Å². The fraction of sp³-hybridized carbons (Fsp3) is 0.727. The third-order valence-electron chi connectivity index (χ3n) is 3.34. The number of hydrogen-bond acceptors (Lipinski definition) is 3. The molecular formula is C11H16F3N3O. The molecule has 0 amide bonds. The number of nitrogens with zero attached hydrogens (tertiary/aromatic N) is 3. The van der Waals surface area contributed by atoms with Gasteiger partial charge >= 0.3 is 6.18 Å². The van der Waals surface area contributed by atoms with Crippen molar-refractivity contribution in [2.75, 3.05) is 13.1 Å². The summed E-state index contributed by atoms with van der Waals surface area (Å²) in [6.45, 7) is 2.07. The van der Waals surface area contributed by atoms with Gasteiger partial charge in [-0.3, -0.25) is 9.58 Å². The van der Waals surface area contributed by atoms with Gasteiger partial charge in [-0.05, 0) is 19.4 Å². The summed E-state index contributed by atoms with van der Waals surface area (Å²) < 4.78 is 39.6. The smallest absolute Gasteiger partial charge is 0.379 e. The molecule has 1 N–H and O–H groups in total. The molecule has 0 bridgehead atoms. The summed E-state index contributed by atoms with van der Waals surface area (Å²) in [4.78, 5) is 1.60. The van der Waals surface area contributed by atoms with E-state index in [1.165, 1.54) is 0 Å². The van der Waals surface area contributed by atoms with Crippen molar-refractivity contribution in [2.24, 2.45) is 7.05 Å². The number of aliphatic hydroxyl groups is 1. The Labute approximate surface area is 103 Å². The molecule has 0 aromatic carbocycles. The van der Waals surface area contributed by atoms with Crippen LogP contribution >= 0.6 is 0 Å². The normalized spacial score (nSPS) is 25.9. The SMILES string of the molecule is Cc1cc(CN2CCC(O)(C(F)(F)F)C2)n(C)n1. The van der Waals surface area contributed by atoms with Gasteiger partial charge < -0.3 is 5.11 Å². The van der Waals surface area contributed by atoms with E-state index in [-0.39, 0.29) is 19.5 Å². The molecule has 1 fully saturated rings. The van der Waals surface area contributed by atoms with Gasteiger partial charge in [-0.15, -0.1) is 0 Å². The van der Waals surface area contributed by atoms with Crippen LogP contribution in [0.3, 0.4) is 0 Å². The molecule has 1 atom stereocenters. The maximum absolute atomic E-state index is 12.6. The van der Waals surface area contributed by atoms with Crippen molar-refractivity contribution in [2.45, 2.75) is 31.7 Å². The quantitative estimate of drug-likeness (QED) is 0.872. The Morgan fingerprint density at radius 1 is 1.50 bits per heavy atom. The molecule has 1 aromatic heterocycles. The van der Waals surface area contributed by atoms with E-state index in [4.69, 9.17) is 0 Å². The molecule has 1 unspecified atom stereocenters. The number of alkyl halides is 3. The molecule has 7 heteroatoms. The van der Waals surface area contributed by atoms with Crippen molar-refractivity contribution in [3.8, 4) is 0 Å². The van der Waals surface area contributed by atoms with Crippen molar-refractivity contribution in [3.63, 3.8) is 0 Å². The van der Waals surface area contributed by atoms with Crippen LogP contribution < -0.4 is 0 Å². The van der Waals surface area contributed by atoms with Crippen LogP contribution in [0.25, 0.3) is 0 Å². The second kappa shape index (κ2) is 4.24. The average Bonchev–Trinajstić information content (AvgIpc) is 2.72. The Balaban J connectivity index is 2.04. The van der Waals surface area contributed by atoms with Gasteiger partial charge in [0.25, 0.3) is 0 Å². The first-order valence-electron chi connectivity index (χ1n) is 5.72. The second-order valence-corrected chi connectivity index (χ2v) is 4.89. The Morgan fingerprint density at radius 2 is 2.17 bits per heavy atom. The number of β-amino-alcohol motifs (C(OH)–C–C–N with tert-alkyl or cyclic N) is 1. The summed E-state index contributed by atoms with van der Waals surface area (Å²) in [5.41, 5.74) is -0.891. The molecule has 1 aliphatic heterocycles. The summed E-state index contributed by atoms with van der Waals surface area (Å²) in [6.07, 6.45) is -4.84. The molecule has 2 rings (SSSR count). The minimum atomic E-state index is -4.57. The minimum Gasteiger partial charge on any atom is -0.379 e. The fourth-order valence-corrected chi connectivity index (χ4v) is 2.28. The van der Waals surface area contributed by atoms with E-state index in [1.54, 1.807) is 16.6 Å². The third-order valence-corrected chi connectivity index (χ3v) is 3.34. The lowest BCUT2D eigenvalue weighted by atomic mass is 10.0. The third kappa shape index (κ3) is 2.37. The monoisotopic (exact) mass is 263 g/mol. The first-order chi connectivity index (χ1) is 8.21. The molecule has 0 saturated carbocycles. The Hall–Kier alpha value is -1.08. The van der Waals surface area contributed by atoms with E-state index in [1.807, 2.05) is 13.0 Å². The zero-order valence-electron chi connectivity index (χ0n) is 10.3. The zero-order valence-corrected chi connectivity index (χ0v) is 10.3. The van der Waals surface area contributed by atoms with Gasteiger partial charge in [0.15, 0.2) is 5.60 Å². The number of likely N-dealkylation sites (tertiary alicyclic amines) is 1. The van der Waals surface area contributed by atoms with Crippen LogP contribution in [0.5, 0.6) is 0 Å². The van der Waals surface area contributed by atoms with Gasteiger partial charge in [-0.2, -0.15) is 18.3 Å². The fourth-order valence-electron chi connectivity index (χ4n) is 2.28. The number of aromatic nitrogens is 2. The Bertz CT molecular complexity index is 443. The summed E-state index contributed by atoms with van der Waals surface area (Å²) >= 11 is 0. The van der Waals surface area contributed by atoms with Gasteiger partial charge in [0, 0.05) is 26.7 Å². The summed E-state index contributed by atoms with van der Waals surface area (Å²) in [5, 5.41) is 13.7. The highest BCUT2D eigenvalue weighted by Crippen LogP contribution is 2.37. The lowest BCUT2D eigenvalue weighted by Gasteiger charge is -2.26. The van der Waals surface area contributed by atoms with Crippen molar-refractivity contribution in [3.05, 3.63) is 17.5 Å². The lowest BCUT2D eigenvalue weighted by molar-refractivity contribution is -0.254. The second-order valence-electron chi connectivity index (χ2n) is 4.89. The average molecular weight is 263 g/mol. The molecule has 0 aliphatic carbocycles. The molecular weight excluding hydrogens is 247 g/mol. The van der Waals surface area contributed by atoms with Crippen LogP contribution in [-0.4, -0.2) is 44.7 Å². The van der Waals surface area contributed by atoms with Crippen molar-refractivity contribution < 1.29 is 18.3 Å². The van der Waals surface area contributed by atoms with E-state index in [0.717, 1.165) is 11.4 Å². The number of rotatable bonds is 2.